The molecular weight excluding hydrogens is 516 g/mol. The number of methoxy groups -OCH3 is 1. The Hall–Kier alpha value is -3.37. The molecule has 3 aromatic rings. The second-order valence-electron chi connectivity index (χ2n) is 9.66. The van der Waals surface area contributed by atoms with Crippen molar-refractivity contribution in [2.75, 3.05) is 40.3 Å². The van der Waals surface area contributed by atoms with E-state index in [1.807, 2.05) is 24.3 Å². The largest absolute Gasteiger partial charge is 0.496 e. The fourth-order valence-corrected chi connectivity index (χ4v) is 3.92. The fourth-order valence-electron chi connectivity index (χ4n) is 3.92. The second-order valence-corrected chi connectivity index (χ2v) is 9.66. The molecule has 40 heavy (non-hydrogen) atoms. The van der Waals surface area contributed by atoms with Crippen molar-refractivity contribution in [3.63, 3.8) is 0 Å². The minimum absolute atomic E-state index is 0.00582. The molecular formula is C31H40O9. The average molecular weight is 557 g/mol. The first kappa shape index (κ1) is 31.2. The second kappa shape index (κ2) is 16.0. The number of hydrogen-bond acceptors (Lipinski definition) is 9. The first-order valence-electron chi connectivity index (χ1n) is 13.5. The Morgan fingerprint density at radius 1 is 0.975 bits per heavy atom. The molecule has 2 atom stereocenters. The molecule has 9 nitrogen and oxygen atoms in total. The lowest BCUT2D eigenvalue weighted by molar-refractivity contribution is -0.145. The van der Waals surface area contributed by atoms with Crippen molar-refractivity contribution < 1.29 is 43.1 Å². The van der Waals surface area contributed by atoms with Crippen LogP contribution in [0.4, 0.5) is 0 Å². The quantitative estimate of drug-likeness (QED) is 0.0960. The molecule has 0 fully saturated rings. The standard InChI is InChI=1S/C31H40O9/c1-5-6-7-8-22-9-12-27(29(13-22)35-4)30-14-23-10-11-26(15-28(23)40-30)38-18-24(32)16-36-20-37-17-25(33)19-39-31(34)21(2)3/h9-15,24-25,32-33H,2,5-8,16-20H2,1,3-4H3. The number of carbonyl (C=O) groups is 1. The molecule has 1 heterocycles. The van der Waals surface area contributed by atoms with Crippen LogP contribution < -0.4 is 9.47 Å². The Bertz CT molecular complexity index is 1230. The van der Waals surface area contributed by atoms with Gasteiger partial charge in [0, 0.05) is 17.0 Å². The zero-order valence-corrected chi connectivity index (χ0v) is 23.5. The number of hydrogen-bond donors (Lipinski definition) is 2. The third-order valence-corrected chi connectivity index (χ3v) is 6.08. The van der Waals surface area contributed by atoms with Gasteiger partial charge in [0.15, 0.2) is 0 Å². The van der Waals surface area contributed by atoms with Crippen LogP contribution >= 0.6 is 0 Å². The van der Waals surface area contributed by atoms with E-state index < -0.39 is 18.2 Å². The monoisotopic (exact) mass is 556 g/mol. The maximum absolute atomic E-state index is 11.3. The molecule has 0 radical (unpaired) electrons. The summed E-state index contributed by atoms with van der Waals surface area (Å²) in [5.74, 6) is 1.46. The molecule has 218 valence electrons. The molecule has 0 saturated heterocycles. The molecule has 2 N–H and O–H groups in total. The number of aryl methyl sites for hydroxylation is 1. The molecule has 2 aromatic carbocycles. The Morgan fingerprint density at radius 3 is 2.42 bits per heavy atom. The molecule has 0 aliphatic carbocycles. The Balaban J connectivity index is 1.44. The smallest absolute Gasteiger partial charge is 0.333 e. The van der Waals surface area contributed by atoms with Gasteiger partial charge in [-0.05, 0) is 55.7 Å². The highest BCUT2D eigenvalue weighted by atomic mass is 16.7. The molecule has 3 rings (SSSR count). The van der Waals surface area contributed by atoms with E-state index in [1.165, 1.54) is 25.3 Å². The predicted octanol–water partition coefficient (Wildman–Crippen LogP) is 5.05. The number of furan rings is 1. The number of aliphatic hydroxyl groups excluding tert-OH is 2. The van der Waals surface area contributed by atoms with Gasteiger partial charge in [0.2, 0.25) is 0 Å². The molecule has 0 bridgehead atoms. The van der Waals surface area contributed by atoms with Crippen LogP contribution in [0.3, 0.4) is 0 Å². The molecule has 0 spiro atoms. The van der Waals surface area contributed by atoms with Crippen molar-refractivity contribution in [1.82, 2.24) is 0 Å². The fraction of sp³-hybridized carbons (Fsp3) is 0.452. The van der Waals surface area contributed by atoms with Crippen LogP contribution in [0.2, 0.25) is 0 Å². The summed E-state index contributed by atoms with van der Waals surface area (Å²) in [5, 5.41) is 20.8. The molecule has 0 amide bonds. The van der Waals surface area contributed by atoms with Crippen molar-refractivity contribution in [3.05, 3.63) is 60.2 Å². The number of ether oxygens (including phenoxy) is 5. The first-order valence-corrected chi connectivity index (χ1v) is 13.5. The number of fused-ring (bicyclic) bond motifs is 1. The maximum Gasteiger partial charge on any atom is 0.333 e. The highest BCUT2D eigenvalue weighted by Gasteiger charge is 2.14. The Labute approximate surface area is 235 Å². The van der Waals surface area contributed by atoms with E-state index in [1.54, 1.807) is 13.2 Å². The number of benzene rings is 2. The molecule has 0 aliphatic rings. The highest BCUT2D eigenvalue weighted by molar-refractivity contribution is 5.87. The number of esters is 1. The van der Waals surface area contributed by atoms with Crippen molar-refractivity contribution >= 4 is 16.9 Å². The van der Waals surface area contributed by atoms with E-state index in [-0.39, 0.29) is 38.8 Å². The van der Waals surface area contributed by atoms with Gasteiger partial charge in [-0.1, -0.05) is 32.4 Å². The first-order chi connectivity index (χ1) is 19.3. The van der Waals surface area contributed by atoms with Gasteiger partial charge < -0.3 is 38.3 Å². The van der Waals surface area contributed by atoms with Crippen LogP contribution in [0, 0.1) is 0 Å². The summed E-state index contributed by atoms with van der Waals surface area (Å²) in [6.45, 7) is 6.72. The number of rotatable bonds is 18. The van der Waals surface area contributed by atoms with Gasteiger partial charge in [0.1, 0.15) is 55.1 Å². The van der Waals surface area contributed by atoms with Gasteiger partial charge >= 0.3 is 5.97 Å². The summed E-state index contributed by atoms with van der Waals surface area (Å²) < 4.78 is 32.8. The summed E-state index contributed by atoms with van der Waals surface area (Å²) >= 11 is 0. The van der Waals surface area contributed by atoms with E-state index in [9.17, 15) is 15.0 Å². The molecule has 0 aliphatic heterocycles. The lowest BCUT2D eigenvalue weighted by atomic mass is 10.0. The SMILES string of the molecule is C=C(C)C(=O)OCC(O)COCOCC(O)COc1ccc2cc(-c3ccc(CCCCC)cc3OC)oc2c1. The predicted molar refractivity (Wildman–Crippen MR) is 151 cm³/mol. The van der Waals surface area contributed by atoms with Crippen molar-refractivity contribution in [2.24, 2.45) is 0 Å². The highest BCUT2D eigenvalue weighted by Crippen LogP contribution is 2.36. The topological polar surface area (TPSA) is 117 Å². The van der Waals surface area contributed by atoms with Gasteiger partial charge in [-0.15, -0.1) is 0 Å². The summed E-state index contributed by atoms with van der Waals surface area (Å²) in [5.41, 5.74) is 3.04. The normalized spacial score (nSPS) is 12.7. The Kier molecular flexibility index (Phi) is 12.5. The van der Waals surface area contributed by atoms with Crippen LogP contribution in [0.5, 0.6) is 11.5 Å². The number of aliphatic hydroxyl groups is 2. The van der Waals surface area contributed by atoms with Gasteiger partial charge in [-0.25, -0.2) is 4.79 Å². The van der Waals surface area contributed by atoms with Crippen LogP contribution in [0.25, 0.3) is 22.3 Å². The average Bonchev–Trinajstić information content (AvgIpc) is 3.37. The van der Waals surface area contributed by atoms with Gasteiger partial charge in [0.25, 0.3) is 0 Å². The lowest BCUT2D eigenvalue weighted by Gasteiger charge is -2.14. The summed E-state index contributed by atoms with van der Waals surface area (Å²) in [7, 11) is 1.66. The van der Waals surface area contributed by atoms with E-state index in [4.69, 9.17) is 28.1 Å². The zero-order chi connectivity index (χ0) is 28.9. The number of unbranched alkanes of at least 4 members (excludes halogenated alkanes) is 2. The van der Waals surface area contributed by atoms with Crippen molar-refractivity contribution in [2.45, 2.75) is 51.7 Å². The van der Waals surface area contributed by atoms with Gasteiger partial charge in [-0.3, -0.25) is 0 Å². The molecule has 1 aromatic heterocycles. The minimum atomic E-state index is -0.992. The zero-order valence-electron chi connectivity index (χ0n) is 23.5. The van der Waals surface area contributed by atoms with Crippen LogP contribution in [-0.2, 0) is 25.4 Å². The third kappa shape index (κ3) is 9.67. The van der Waals surface area contributed by atoms with E-state index in [2.05, 4.69) is 25.6 Å². The lowest BCUT2D eigenvalue weighted by Crippen LogP contribution is -2.26. The van der Waals surface area contributed by atoms with E-state index >= 15 is 0 Å². The molecule has 9 heteroatoms. The van der Waals surface area contributed by atoms with Crippen molar-refractivity contribution in [3.8, 4) is 22.8 Å². The van der Waals surface area contributed by atoms with Gasteiger partial charge in [-0.2, -0.15) is 0 Å². The summed E-state index contributed by atoms with van der Waals surface area (Å²) in [4.78, 5) is 11.3. The van der Waals surface area contributed by atoms with E-state index in [0.717, 1.165) is 29.5 Å². The Morgan fingerprint density at radius 2 is 1.73 bits per heavy atom. The number of carbonyl (C=O) groups excluding carboxylic acids is 1. The third-order valence-electron chi connectivity index (χ3n) is 6.08. The molecule has 2 unspecified atom stereocenters. The van der Waals surface area contributed by atoms with Crippen molar-refractivity contribution in [1.29, 1.82) is 0 Å². The van der Waals surface area contributed by atoms with Crippen LogP contribution in [-0.4, -0.2) is 68.7 Å². The minimum Gasteiger partial charge on any atom is -0.496 e. The summed E-state index contributed by atoms with van der Waals surface area (Å²) in [6, 6.07) is 13.7. The molecule has 0 saturated carbocycles. The van der Waals surface area contributed by atoms with Crippen LogP contribution in [0.1, 0.15) is 38.7 Å². The van der Waals surface area contributed by atoms with Gasteiger partial charge in [0.05, 0.1) is 25.9 Å². The van der Waals surface area contributed by atoms with Crippen LogP contribution in [0.15, 0.2) is 59.0 Å². The summed E-state index contributed by atoms with van der Waals surface area (Å²) in [6.07, 6.45) is 2.68. The van der Waals surface area contributed by atoms with E-state index in [0.29, 0.717) is 17.1 Å². The maximum atomic E-state index is 11.3.